The summed E-state index contributed by atoms with van der Waals surface area (Å²) in [6, 6.07) is 19.9. The Balaban J connectivity index is 2.23. The Kier molecular flexibility index (Phi) is 5.75. The standard InChI is InChI=1S/C23H26N2O2S/c1-4-25(5-2)20-12-15-22(18-8-10-19(24)11-9-18)23(16-20)28(26,27)21-13-6-17(3)7-14-21/h6-16H,4-5,24H2,1-3H3. The van der Waals surface area contributed by atoms with Crippen molar-refractivity contribution in [3.05, 3.63) is 72.3 Å². The molecular weight excluding hydrogens is 368 g/mol. The third-order valence-electron chi connectivity index (χ3n) is 4.94. The molecule has 0 saturated carbocycles. The quantitative estimate of drug-likeness (QED) is 0.603. The summed E-state index contributed by atoms with van der Waals surface area (Å²) in [6.45, 7) is 7.68. The lowest BCUT2D eigenvalue weighted by atomic mass is 10.0. The minimum absolute atomic E-state index is 0.298. The first-order valence-electron chi connectivity index (χ1n) is 9.43. The van der Waals surface area contributed by atoms with Gasteiger partial charge in [0.05, 0.1) is 9.79 Å². The van der Waals surface area contributed by atoms with Crippen molar-refractivity contribution >= 4 is 21.2 Å². The highest BCUT2D eigenvalue weighted by Gasteiger charge is 2.23. The minimum atomic E-state index is -3.68. The fourth-order valence-corrected chi connectivity index (χ4v) is 4.76. The van der Waals surface area contributed by atoms with Gasteiger partial charge >= 0.3 is 0 Å². The van der Waals surface area contributed by atoms with Gasteiger partial charge in [-0.3, -0.25) is 0 Å². The van der Waals surface area contributed by atoms with Gasteiger partial charge in [-0.15, -0.1) is 0 Å². The van der Waals surface area contributed by atoms with Crippen LogP contribution in [0.3, 0.4) is 0 Å². The Bertz CT molecular complexity index is 1050. The monoisotopic (exact) mass is 394 g/mol. The highest BCUT2D eigenvalue weighted by Crippen LogP contribution is 2.35. The van der Waals surface area contributed by atoms with E-state index in [1.165, 1.54) is 0 Å². The van der Waals surface area contributed by atoms with E-state index in [4.69, 9.17) is 5.73 Å². The van der Waals surface area contributed by atoms with Gasteiger partial charge in [-0.25, -0.2) is 8.42 Å². The van der Waals surface area contributed by atoms with Crippen LogP contribution in [0.2, 0.25) is 0 Å². The molecule has 0 spiro atoms. The zero-order chi connectivity index (χ0) is 20.3. The van der Waals surface area contributed by atoms with E-state index in [-0.39, 0.29) is 0 Å². The van der Waals surface area contributed by atoms with Gasteiger partial charge in [-0.2, -0.15) is 0 Å². The Morgan fingerprint density at radius 2 is 1.46 bits per heavy atom. The van der Waals surface area contributed by atoms with Gasteiger partial charge < -0.3 is 10.6 Å². The summed E-state index contributed by atoms with van der Waals surface area (Å²) in [6.07, 6.45) is 0. The Labute approximate surface area is 167 Å². The fourth-order valence-electron chi connectivity index (χ4n) is 3.26. The van der Waals surface area contributed by atoms with E-state index in [1.54, 1.807) is 30.3 Å². The third-order valence-corrected chi connectivity index (χ3v) is 6.75. The van der Waals surface area contributed by atoms with Gasteiger partial charge in [0.25, 0.3) is 0 Å². The molecule has 0 bridgehead atoms. The Hall–Kier alpha value is -2.79. The molecule has 0 fully saturated rings. The van der Waals surface area contributed by atoms with Crippen LogP contribution in [0.1, 0.15) is 19.4 Å². The van der Waals surface area contributed by atoms with E-state index in [1.807, 2.05) is 43.3 Å². The molecule has 28 heavy (non-hydrogen) atoms. The summed E-state index contributed by atoms with van der Waals surface area (Å²) in [5.74, 6) is 0. The molecule has 0 aliphatic carbocycles. The molecule has 0 atom stereocenters. The molecule has 3 aromatic carbocycles. The van der Waals surface area contributed by atoms with Crippen molar-refractivity contribution in [3.8, 4) is 11.1 Å². The largest absolute Gasteiger partial charge is 0.399 e. The first-order chi connectivity index (χ1) is 13.4. The molecule has 0 aliphatic rings. The Morgan fingerprint density at radius 1 is 0.857 bits per heavy atom. The van der Waals surface area contributed by atoms with Gasteiger partial charge in [0, 0.05) is 30.0 Å². The summed E-state index contributed by atoms with van der Waals surface area (Å²) in [5.41, 5.74) is 9.88. The average molecular weight is 395 g/mol. The predicted octanol–water partition coefficient (Wildman–Crippen LogP) is 4.92. The van der Waals surface area contributed by atoms with Gasteiger partial charge in [-0.05, 0) is 62.7 Å². The number of nitrogens with zero attached hydrogens (tertiary/aromatic N) is 1. The summed E-state index contributed by atoms with van der Waals surface area (Å²) in [5, 5.41) is 0. The summed E-state index contributed by atoms with van der Waals surface area (Å²) in [7, 11) is -3.68. The lowest BCUT2D eigenvalue weighted by molar-refractivity contribution is 0.596. The van der Waals surface area contributed by atoms with Crippen LogP contribution in [0.25, 0.3) is 11.1 Å². The number of aryl methyl sites for hydroxylation is 1. The molecule has 0 amide bonds. The molecule has 0 unspecified atom stereocenters. The number of anilines is 2. The van der Waals surface area contributed by atoms with Crippen molar-refractivity contribution in [2.24, 2.45) is 0 Å². The number of benzene rings is 3. The van der Waals surface area contributed by atoms with Crippen LogP contribution in [0, 0.1) is 6.92 Å². The molecule has 5 heteroatoms. The van der Waals surface area contributed by atoms with Gasteiger partial charge in [0.2, 0.25) is 9.84 Å². The normalized spacial score (nSPS) is 11.4. The molecule has 4 nitrogen and oxygen atoms in total. The van der Waals surface area contributed by atoms with E-state index in [9.17, 15) is 8.42 Å². The second-order valence-electron chi connectivity index (χ2n) is 6.79. The van der Waals surface area contributed by atoms with Gasteiger partial charge in [0.1, 0.15) is 0 Å². The molecule has 0 aliphatic heterocycles. The highest BCUT2D eigenvalue weighted by atomic mass is 32.2. The van der Waals surface area contributed by atoms with Crippen molar-refractivity contribution in [1.29, 1.82) is 0 Å². The molecule has 0 heterocycles. The van der Waals surface area contributed by atoms with Crippen LogP contribution in [0.5, 0.6) is 0 Å². The van der Waals surface area contributed by atoms with Crippen LogP contribution in [0.15, 0.2) is 76.5 Å². The zero-order valence-electron chi connectivity index (χ0n) is 16.5. The number of rotatable bonds is 6. The number of nitrogens with two attached hydrogens (primary N) is 1. The third kappa shape index (κ3) is 3.90. The molecule has 0 aromatic heterocycles. The van der Waals surface area contributed by atoms with Crippen molar-refractivity contribution in [3.63, 3.8) is 0 Å². The van der Waals surface area contributed by atoms with Gasteiger partial charge in [-0.1, -0.05) is 35.9 Å². The van der Waals surface area contributed by atoms with Crippen molar-refractivity contribution in [2.75, 3.05) is 23.7 Å². The van der Waals surface area contributed by atoms with Crippen LogP contribution in [0.4, 0.5) is 11.4 Å². The lowest BCUT2D eigenvalue weighted by Gasteiger charge is -2.23. The second-order valence-corrected chi connectivity index (χ2v) is 8.71. The van der Waals surface area contributed by atoms with E-state index < -0.39 is 9.84 Å². The molecule has 3 aromatic rings. The molecule has 2 N–H and O–H groups in total. The zero-order valence-corrected chi connectivity index (χ0v) is 17.3. The van der Waals surface area contributed by atoms with Crippen LogP contribution in [-0.2, 0) is 9.84 Å². The molecule has 146 valence electrons. The SMILES string of the molecule is CCN(CC)c1ccc(-c2ccc(N)cc2)c(S(=O)(=O)c2ccc(C)cc2)c1. The summed E-state index contributed by atoms with van der Waals surface area (Å²) < 4.78 is 27.0. The van der Waals surface area contributed by atoms with E-state index in [0.29, 0.717) is 21.0 Å². The second kappa shape index (κ2) is 8.07. The molecule has 3 rings (SSSR count). The van der Waals surface area contributed by atoms with Crippen molar-refractivity contribution in [1.82, 2.24) is 0 Å². The molecule has 0 saturated heterocycles. The maximum atomic E-state index is 13.5. The van der Waals surface area contributed by atoms with E-state index in [2.05, 4.69) is 18.7 Å². The highest BCUT2D eigenvalue weighted by molar-refractivity contribution is 7.91. The summed E-state index contributed by atoms with van der Waals surface area (Å²) in [4.78, 5) is 2.75. The number of sulfone groups is 1. The number of hydrogen-bond acceptors (Lipinski definition) is 4. The number of nitrogen functional groups attached to an aromatic ring is 1. The van der Waals surface area contributed by atoms with Crippen LogP contribution >= 0.6 is 0 Å². The lowest BCUT2D eigenvalue weighted by Crippen LogP contribution is -2.22. The molecule has 0 radical (unpaired) electrons. The maximum absolute atomic E-state index is 13.5. The Morgan fingerprint density at radius 3 is 2.04 bits per heavy atom. The average Bonchev–Trinajstić information content (AvgIpc) is 2.70. The van der Waals surface area contributed by atoms with Crippen LogP contribution < -0.4 is 10.6 Å². The fraction of sp³-hybridized carbons (Fsp3) is 0.217. The first-order valence-corrected chi connectivity index (χ1v) is 10.9. The van der Waals surface area contributed by atoms with Gasteiger partial charge in [0.15, 0.2) is 0 Å². The first kappa shape index (κ1) is 20.0. The maximum Gasteiger partial charge on any atom is 0.207 e. The molecular formula is C23H26N2O2S. The topological polar surface area (TPSA) is 63.4 Å². The van der Waals surface area contributed by atoms with Crippen molar-refractivity contribution < 1.29 is 8.42 Å². The van der Waals surface area contributed by atoms with E-state index >= 15 is 0 Å². The smallest absolute Gasteiger partial charge is 0.207 e. The minimum Gasteiger partial charge on any atom is -0.399 e. The number of hydrogen-bond donors (Lipinski definition) is 1. The summed E-state index contributed by atoms with van der Waals surface area (Å²) >= 11 is 0. The van der Waals surface area contributed by atoms with Crippen LogP contribution in [-0.4, -0.2) is 21.5 Å². The predicted molar refractivity (Wildman–Crippen MR) is 116 cm³/mol. The van der Waals surface area contributed by atoms with E-state index in [0.717, 1.165) is 29.9 Å². The van der Waals surface area contributed by atoms with Crippen molar-refractivity contribution in [2.45, 2.75) is 30.6 Å².